The molecular weight excluding hydrogens is 226 g/mol. The largest absolute Gasteiger partial charge is 0.382 e. The summed E-state index contributed by atoms with van der Waals surface area (Å²) in [6, 6.07) is 0.424. The smallest absolute Gasteiger partial charge is 0.0700 e. The van der Waals surface area contributed by atoms with E-state index in [0.717, 1.165) is 26.0 Å². The molecule has 0 aromatic heterocycles. The van der Waals surface area contributed by atoms with Crippen molar-refractivity contribution in [1.29, 1.82) is 0 Å². The molecule has 0 aliphatic carbocycles. The van der Waals surface area contributed by atoms with Crippen LogP contribution in [-0.4, -0.2) is 39.5 Å². The standard InChI is InChI=1S/C15H29NO2/c1-6-16-14(8-7-10-15(2,3)4)9-11-18-13-12-17-5/h14,16H,6,8-9,11-13H2,1-5H3. The maximum absolute atomic E-state index is 5.48. The first-order valence-electron chi connectivity index (χ1n) is 6.79. The summed E-state index contributed by atoms with van der Waals surface area (Å²) in [5.41, 5.74) is 0.0890. The van der Waals surface area contributed by atoms with Gasteiger partial charge in [-0.05, 0) is 33.7 Å². The first kappa shape index (κ1) is 17.4. The van der Waals surface area contributed by atoms with E-state index in [4.69, 9.17) is 9.47 Å². The SMILES string of the molecule is CCNC(CC#CC(C)(C)C)CCOCCOC. The molecule has 0 fully saturated rings. The van der Waals surface area contributed by atoms with Crippen molar-refractivity contribution in [1.82, 2.24) is 5.32 Å². The molecular formula is C15H29NO2. The molecule has 0 amide bonds. The van der Waals surface area contributed by atoms with Gasteiger partial charge in [0.25, 0.3) is 0 Å². The topological polar surface area (TPSA) is 30.5 Å². The molecule has 3 nitrogen and oxygen atoms in total. The monoisotopic (exact) mass is 255 g/mol. The van der Waals surface area contributed by atoms with Crippen LogP contribution < -0.4 is 5.32 Å². The highest BCUT2D eigenvalue weighted by Crippen LogP contribution is 2.10. The predicted molar refractivity (Wildman–Crippen MR) is 76.6 cm³/mol. The zero-order chi connectivity index (χ0) is 13.9. The number of rotatable bonds is 9. The zero-order valence-corrected chi connectivity index (χ0v) is 12.6. The molecule has 0 saturated carbocycles. The van der Waals surface area contributed by atoms with Gasteiger partial charge < -0.3 is 14.8 Å². The van der Waals surface area contributed by atoms with Crippen LogP contribution in [0.15, 0.2) is 0 Å². The normalized spacial score (nSPS) is 12.9. The summed E-state index contributed by atoms with van der Waals surface area (Å²) >= 11 is 0. The second-order valence-electron chi connectivity index (χ2n) is 5.40. The van der Waals surface area contributed by atoms with Gasteiger partial charge in [-0.1, -0.05) is 12.8 Å². The van der Waals surface area contributed by atoms with Crippen LogP contribution in [0.25, 0.3) is 0 Å². The Hall–Kier alpha value is -0.560. The van der Waals surface area contributed by atoms with Gasteiger partial charge in [-0.15, -0.1) is 5.92 Å². The fourth-order valence-corrected chi connectivity index (χ4v) is 1.47. The van der Waals surface area contributed by atoms with Crippen LogP contribution in [-0.2, 0) is 9.47 Å². The Bertz CT molecular complexity index is 247. The van der Waals surface area contributed by atoms with Crippen molar-refractivity contribution in [3.8, 4) is 11.8 Å². The molecule has 0 spiro atoms. The van der Waals surface area contributed by atoms with Crippen molar-refractivity contribution in [2.75, 3.05) is 33.5 Å². The van der Waals surface area contributed by atoms with Gasteiger partial charge in [0, 0.05) is 31.6 Å². The maximum atomic E-state index is 5.48. The van der Waals surface area contributed by atoms with E-state index in [1.54, 1.807) is 7.11 Å². The van der Waals surface area contributed by atoms with Crippen LogP contribution in [0.3, 0.4) is 0 Å². The summed E-state index contributed by atoms with van der Waals surface area (Å²) in [6.45, 7) is 11.6. The van der Waals surface area contributed by atoms with Gasteiger partial charge in [-0.3, -0.25) is 0 Å². The van der Waals surface area contributed by atoms with Crippen molar-refractivity contribution in [3.63, 3.8) is 0 Å². The highest BCUT2D eigenvalue weighted by molar-refractivity contribution is 5.08. The second-order valence-corrected chi connectivity index (χ2v) is 5.40. The van der Waals surface area contributed by atoms with E-state index in [2.05, 4.69) is 44.9 Å². The van der Waals surface area contributed by atoms with Gasteiger partial charge in [0.2, 0.25) is 0 Å². The predicted octanol–water partition coefficient (Wildman–Crippen LogP) is 2.46. The van der Waals surface area contributed by atoms with E-state index in [9.17, 15) is 0 Å². The van der Waals surface area contributed by atoms with E-state index < -0.39 is 0 Å². The molecule has 0 aromatic carbocycles. The van der Waals surface area contributed by atoms with Crippen molar-refractivity contribution < 1.29 is 9.47 Å². The van der Waals surface area contributed by atoms with Crippen molar-refractivity contribution in [3.05, 3.63) is 0 Å². The Balaban J connectivity index is 3.87. The molecule has 0 aliphatic rings. The number of hydrogen-bond acceptors (Lipinski definition) is 3. The zero-order valence-electron chi connectivity index (χ0n) is 12.6. The Labute approximate surface area is 113 Å². The summed E-state index contributed by atoms with van der Waals surface area (Å²) in [6.07, 6.45) is 1.88. The van der Waals surface area contributed by atoms with Crippen LogP contribution in [0.4, 0.5) is 0 Å². The van der Waals surface area contributed by atoms with Crippen molar-refractivity contribution in [2.45, 2.75) is 46.6 Å². The van der Waals surface area contributed by atoms with Gasteiger partial charge in [-0.2, -0.15) is 0 Å². The average Bonchev–Trinajstić information content (AvgIpc) is 2.27. The molecule has 0 radical (unpaired) electrons. The summed E-state index contributed by atoms with van der Waals surface area (Å²) in [4.78, 5) is 0. The Kier molecular flexibility index (Phi) is 10.0. The maximum Gasteiger partial charge on any atom is 0.0700 e. The van der Waals surface area contributed by atoms with Gasteiger partial charge in [0.1, 0.15) is 0 Å². The molecule has 1 unspecified atom stereocenters. The quantitative estimate of drug-likeness (QED) is 0.507. The first-order chi connectivity index (χ1) is 8.49. The molecule has 0 aliphatic heterocycles. The third-order valence-corrected chi connectivity index (χ3v) is 2.35. The average molecular weight is 255 g/mol. The third kappa shape index (κ3) is 11.9. The van der Waals surface area contributed by atoms with Crippen LogP contribution in [0.2, 0.25) is 0 Å². The van der Waals surface area contributed by atoms with Gasteiger partial charge >= 0.3 is 0 Å². The van der Waals surface area contributed by atoms with Gasteiger partial charge in [0.15, 0.2) is 0 Å². The molecule has 3 heteroatoms. The van der Waals surface area contributed by atoms with Crippen molar-refractivity contribution in [2.24, 2.45) is 5.41 Å². The fraction of sp³-hybridized carbons (Fsp3) is 0.867. The fourth-order valence-electron chi connectivity index (χ4n) is 1.47. The molecule has 0 heterocycles. The van der Waals surface area contributed by atoms with Crippen LogP contribution >= 0.6 is 0 Å². The lowest BCUT2D eigenvalue weighted by atomic mass is 9.97. The van der Waals surface area contributed by atoms with Crippen molar-refractivity contribution >= 4 is 0 Å². The highest BCUT2D eigenvalue weighted by atomic mass is 16.5. The van der Waals surface area contributed by atoms with E-state index in [1.807, 2.05) is 0 Å². The number of nitrogens with one attached hydrogen (secondary N) is 1. The first-order valence-corrected chi connectivity index (χ1v) is 6.79. The minimum absolute atomic E-state index is 0.0890. The summed E-state index contributed by atoms with van der Waals surface area (Å²) in [5.74, 6) is 6.54. The minimum Gasteiger partial charge on any atom is -0.382 e. The summed E-state index contributed by atoms with van der Waals surface area (Å²) < 4.78 is 10.4. The number of hydrogen-bond donors (Lipinski definition) is 1. The molecule has 1 atom stereocenters. The van der Waals surface area contributed by atoms with E-state index in [1.165, 1.54) is 0 Å². The lowest BCUT2D eigenvalue weighted by Gasteiger charge is -2.15. The van der Waals surface area contributed by atoms with Crippen LogP contribution in [0, 0.1) is 17.3 Å². The van der Waals surface area contributed by atoms with Gasteiger partial charge in [-0.25, -0.2) is 0 Å². The van der Waals surface area contributed by atoms with E-state index in [0.29, 0.717) is 19.3 Å². The Morgan fingerprint density at radius 2 is 1.89 bits per heavy atom. The molecule has 18 heavy (non-hydrogen) atoms. The van der Waals surface area contributed by atoms with E-state index >= 15 is 0 Å². The molecule has 106 valence electrons. The highest BCUT2D eigenvalue weighted by Gasteiger charge is 2.07. The molecule has 0 aromatic rings. The molecule has 1 N–H and O–H groups in total. The van der Waals surface area contributed by atoms with Crippen LogP contribution in [0.1, 0.15) is 40.5 Å². The molecule has 0 bridgehead atoms. The van der Waals surface area contributed by atoms with E-state index in [-0.39, 0.29) is 5.41 Å². The number of methoxy groups -OCH3 is 1. The number of ether oxygens (including phenoxy) is 2. The lowest BCUT2D eigenvalue weighted by molar-refractivity contribution is 0.0660. The Morgan fingerprint density at radius 3 is 2.44 bits per heavy atom. The summed E-state index contributed by atoms with van der Waals surface area (Å²) in [5, 5.41) is 3.45. The second kappa shape index (κ2) is 10.4. The minimum atomic E-state index is 0.0890. The lowest BCUT2D eigenvalue weighted by Crippen LogP contribution is -2.30. The Morgan fingerprint density at radius 1 is 1.17 bits per heavy atom. The van der Waals surface area contributed by atoms with Gasteiger partial charge in [0.05, 0.1) is 13.2 Å². The summed E-state index contributed by atoms with van der Waals surface area (Å²) in [7, 11) is 1.69. The molecule has 0 saturated heterocycles. The molecule has 0 rings (SSSR count). The third-order valence-electron chi connectivity index (χ3n) is 2.35. The van der Waals surface area contributed by atoms with Crippen LogP contribution in [0.5, 0.6) is 0 Å².